The molecule has 1 atom stereocenters. The van der Waals surface area contributed by atoms with Crippen molar-refractivity contribution in [2.24, 2.45) is 0 Å². The molecule has 17 heavy (non-hydrogen) atoms. The van der Waals surface area contributed by atoms with Crippen LogP contribution in [0.25, 0.3) is 0 Å². The maximum absolute atomic E-state index is 9.04. The molecule has 0 aromatic rings. The second-order valence-corrected chi connectivity index (χ2v) is 5.20. The van der Waals surface area contributed by atoms with Crippen molar-refractivity contribution >= 4 is 0 Å². The Kier molecular flexibility index (Phi) is 7.04. The molecule has 1 heterocycles. The van der Waals surface area contributed by atoms with E-state index < -0.39 is 0 Å². The number of nitrogens with one attached hydrogen (secondary N) is 1. The van der Waals surface area contributed by atoms with Crippen molar-refractivity contribution in [2.75, 3.05) is 45.9 Å². The molecule has 0 aliphatic carbocycles. The number of hydrogen-bond acceptors (Lipinski definition) is 4. The molecule has 0 spiro atoms. The lowest BCUT2D eigenvalue weighted by Crippen LogP contribution is -2.52. The fraction of sp³-hybridized carbons (Fsp3) is 1.00. The van der Waals surface area contributed by atoms with Crippen LogP contribution in [0.1, 0.15) is 27.2 Å². The van der Waals surface area contributed by atoms with Crippen LogP contribution in [-0.4, -0.2) is 72.9 Å². The molecule has 0 saturated carbocycles. The Bertz CT molecular complexity index is 185. The minimum Gasteiger partial charge on any atom is -0.396 e. The van der Waals surface area contributed by atoms with Crippen LogP contribution in [0.3, 0.4) is 0 Å². The molecule has 4 heteroatoms. The van der Waals surface area contributed by atoms with Crippen molar-refractivity contribution in [2.45, 2.75) is 39.3 Å². The third kappa shape index (κ3) is 5.34. The third-order valence-corrected chi connectivity index (χ3v) is 3.59. The number of aliphatic hydroxyl groups is 1. The zero-order valence-electron chi connectivity index (χ0n) is 11.7. The summed E-state index contributed by atoms with van der Waals surface area (Å²) >= 11 is 0. The first-order valence-corrected chi connectivity index (χ1v) is 6.98. The van der Waals surface area contributed by atoms with E-state index in [2.05, 4.69) is 35.9 Å². The first kappa shape index (κ1) is 14.9. The Balaban J connectivity index is 2.27. The molecule has 1 fully saturated rings. The lowest BCUT2D eigenvalue weighted by Gasteiger charge is -2.38. The highest BCUT2D eigenvalue weighted by molar-refractivity contribution is 4.78. The lowest BCUT2D eigenvalue weighted by molar-refractivity contribution is 0.0979. The summed E-state index contributed by atoms with van der Waals surface area (Å²) < 4.78 is 0. The maximum atomic E-state index is 9.04. The molecular formula is C13H29N3O. The molecule has 0 radical (unpaired) electrons. The minimum absolute atomic E-state index is 0.281. The fourth-order valence-corrected chi connectivity index (χ4v) is 2.48. The van der Waals surface area contributed by atoms with Crippen molar-refractivity contribution in [1.29, 1.82) is 0 Å². The molecule has 0 amide bonds. The quantitative estimate of drug-likeness (QED) is 0.678. The number of aliphatic hydroxyl groups excluding tert-OH is 1. The second kappa shape index (κ2) is 8.03. The first-order chi connectivity index (χ1) is 8.17. The summed E-state index contributed by atoms with van der Waals surface area (Å²) in [6.45, 7) is 13.7. The van der Waals surface area contributed by atoms with Gasteiger partial charge in [0.2, 0.25) is 0 Å². The van der Waals surface area contributed by atoms with E-state index in [1.807, 2.05) is 0 Å². The number of hydrogen-bond donors (Lipinski definition) is 2. The van der Waals surface area contributed by atoms with E-state index >= 15 is 0 Å². The smallest absolute Gasteiger partial charge is 0.0446 e. The van der Waals surface area contributed by atoms with Crippen molar-refractivity contribution in [1.82, 2.24) is 15.1 Å². The van der Waals surface area contributed by atoms with E-state index in [0.29, 0.717) is 12.1 Å². The molecule has 0 bridgehead atoms. The standard InChI is InChI=1S/C13H29N3O/c1-4-14-13(5-10-17)11-15-6-8-16(9-7-15)12(2)3/h12-14,17H,4-11H2,1-3H3. The summed E-state index contributed by atoms with van der Waals surface area (Å²) in [6, 6.07) is 1.11. The van der Waals surface area contributed by atoms with Crippen LogP contribution in [-0.2, 0) is 0 Å². The summed E-state index contributed by atoms with van der Waals surface area (Å²) in [4.78, 5) is 5.05. The van der Waals surface area contributed by atoms with Gasteiger partial charge < -0.3 is 10.4 Å². The zero-order chi connectivity index (χ0) is 12.7. The van der Waals surface area contributed by atoms with Gasteiger partial charge in [-0.15, -0.1) is 0 Å². The van der Waals surface area contributed by atoms with Gasteiger partial charge in [-0.25, -0.2) is 0 Å². The van der Waals surface area contributed by atoms with Crippen LogP contribution in [0, 0.1) is 0 Å². The molecule has 1 aliphatic rings. The van der Waals surface area contributed by atoms with Gasteiger partial charge in [0.05, 0.1) is 0 Å². The summed E-state index contributed by atoms with van der Waals surface area (Å²) in [5, 5.41) is 12.5. The highest BCUT2D eigenvalue weighted by Crippen LogP contribution is 2.07. The molecule has 102 valence electrons. The highest BCUT2D eigenvalue weighted by Gasteiger charge is 2.20. The third-order valence-electron chi connectivity index (χ3n) is 3.59. The van der Waals surface area contributed by atoms with E-state index in [4.69, 9.17) is 5.11 Å². The van der Waals surface area contributed by atoms with E-state index in [1.165, 1.54) is 13.1 Å². The number of rotatable bonds is 7. The summed E-state index contributed by atoms with van der Waals surface area (Å²) in [7, 11) is 0. The summed E-state index contributed by atoms with van der Waals surface area (Å²) in [5.41, 5.74) is 0. The van der Waals surface area contributed by atoms with Crippen LogP contribution < -0.4 is 5.32 Å². The highest BCUT2D eigenvalue weighted by atomic mass is 16.3. The van der Waals surface area contributed by atoms with Gasteiger partial charge in [-0.3, -0.25) is 9.80 Å². The monoisotopic (exact) mass is 243 g/mol. The van der Waals surface area contributed by atoms with E-state index in [-0.39, 0.29) is 6.61 Å². The lowest BCUT2D eigenvalue weighted by atomic mass is 10.1. The van der Waals surface area contributed by atoms with E-state index in [1.54, 1.807) is 0 Å². The van der Waals surface area contributed by atoms with Crippen molar-refractivity contribution in [3.05, 3.63) is 0 Å². The second-order valence-electron chi connectivity index (χ2n) is 5.20. The van der Waals surface area contributed by atoms with Gasteiger partial charge >= 0.3 is 0 Å². The minimum atomic E-state index is 0.281. The molecule has 2 N–H and O–H groups in total. The van der Waals surface area contributed by atoms with Gasteiger partial charge in [-0.05, 0) is 26.8 Å². The average molecular weight is 243 g/mol. The van der Waals surface area contributed by atoms with Gasteiger partial charge in [0.15, 0.2) is 0 Å². The van der Waals surface area contributed by atoms with Crippen LogP contribution in [0.15, 0.2) is 0 Å². The summed E-state index contributed by atoms with van der Waals surface area (Å²) in [5.74, 6) is 0. The van der Waals surface area contributed by atoms with Crippen molar-refractivity contribution < 1.29 is 5.11 Å². The largest absolute Gasteiger partial charge is 0.396 e. The first-order valence-electron chi connectivity index (χ1n) is 6.98. The number of likely N-dealkylation sites (N-methyl/N-ethyl adjacent to an activating group) is 1. The van der Waals surface area contributed by atoms with Gasteiger partial charge in [0.1, 0.15) is 0 Å². The Morgan fingerprint density at radius 2 is 1.82 bits per heavy atom. The maximum Gasteiger partial charge on any atom is 0.0446 e. The van der Waals surface area contributed by atoms with Crippen molar-refractivity contribution in [3.8, 4) is 0 Å². The molecule has 1 unspecified atom stereocenters. The normalized spacial score (nSPS) is 21.0. The number of piperazine rings is 1. The van der Waals surface area contributed by atoms with Crippen LogP contribution >= 0.6 is 0 Å². The number of nitrogens with zero attached hydrogens (tertiary/aromatic N) is 2. The van der Waals surface area contributed by atoms with Gasteiger partial charge in [-0.2, -0.15) is 0 Å². The van der Waals surface area contributed by atoms with E-state index in [0.717, 1.165) is 32.6 Å². The van der Waals surface area contributed by atoms with Crippen LogP contribution in [0.5, 0.6) is 0 Å². The van der Waals surface area contributed by atoms with Crippen LogP contribution in [0.4, 0.5) is 0 Å². The van der Waals surface area contributed by atoms with Gasteiger partial charge in [-0.1, -0.05) is 6.92 Å². The molecule has 0 aromatic carbocycles. The van der Waals surface area contributed by atoms with Crippen LogP contribution in [0.2, 0.25) is 0 Å². The molecule has 1 aliphatic heterocycles. The molecule has 1 saturated heterocycles. The fourth-order valence-electron chi connectivity index (χ4n) is 2.48. The predicted octanol–water partition coefficient (Wildman–Crippen LogP) is 0.373. The zero-order valence-corrected chi connectivity index (χ0v) is 11.7. The SMILES string of the molecule is CCNC(CCO)CN1CCN(C(C)C)CC1. The average Bonchev–Trinajstić information content (AvgIpc) is 2.30. The summed E-state index contributed by atoms with van der Waals surface area (Å²) in [6.07, 6.45) is 0.859. The molecule has 0 aromatic heterocycles. The predicted molar refractivity (Wildman–Crippen MR) is 72.3 cm³/mol. The van der Waals surface area contributed by atoms with Gasteiger partial charge in [0.25, 0.3) is 0 Å². The molecular weight excluding hydrogens is 214 g/mol. The molecule has 4 nitrogen and oxygen atoms in total. The Labute approximate surface area is 106 Å². The Hall–Kier alpha value is -0.160. The van der Waals surface area contributed by atoms with E-state index in [9.17, 15) is 0 Å². The molecule has 1 rings (SSSR count). The Morgan fingerprint density at radius 3 is 2.29 bits per heavy atom. The topological polar surface area (TPSA) is 38.7 Å². The Morgan fingerprint density at radius 1 is 1.18 bits per heavy atom. The van der Waals surface area contributed by atoms with Crippen molar-refractivity contribution in [3.63, 3.8) is 0 Å². The van der Waals surface area contributed by atoms with Gasteiger partial charge in [0, 0.05) is 51.4 Å².